The summed E-state index contributed by atoms with van der Waals surface area (Å²) < 4.78 is 1.45. The summed E-state index contributed by atoms with van der Waals surface area (Å²) in [7, 11) is 0. The van der Waals surface area contributed by atoms with Crippen LogP contribution in [0.5, 0.6) is 0 Å². The van der Waals surface area contributed by atoms with E-state index in [1.54, 1.807) is 24.3 Å². The van der Waals surface area contributed by atoms with E-state index in [2.05, 4.69) is 10.3 Å². The standard InChI is InChI=1S/C12H14ClN3O3/c13-9-3-1-8(2-4-9)12-11(7-18)14-15-16(12)5-10(19)6-17/h1-4,10,17-19H,5-7H2. The number of hydrogen-bond donors (Lipinski definition) is 3. The SMILES string of the molecule is OCc1nnn(CC(O)CO)c1-c1ccc(Cl)cc1. The molecule has 2 aromatic rings. The molecule has 2 rings (SSSR count). The molecule has 102 valence electrons. The number of aliphatic hydroxyl groups is 3. The maximum Gasteiger partial charge on any atom is 0.116 e. The van der Waals surface area contributed by atoms with Crippen molar-refractivity contribution in [2.45, 2.75) is 19.3 Å². The predicted octanol–water partition coefficient (Wildman–Crippen LogP) is 0.444. The average Bonchev–Trinajstić information content (AvgIpc) is 2.82. The average molecular weight is 284 g/mol. The number of aliphatic hydroxyl groups excluding tert-OH is 3. The minimum Gasteiger partial charge on any atom is -0.394 e. The van der Waals surface area contributed by atoms with Gasteiger partial charge in [0.15, 0.2) is 0 Å². The highest BCUT2D eigenvalue weighted by molar-refractivity contribution is 6.30. The Morgan fingerprint density at radius 3 is 2.47 bits per heavy atom. The molecule has 1 heterocycles. The first-order valence-electron chi connectivity index (χ1n) is 5.73. The van der Waals surface area contributed by atoms with Crippen molar-refractivity contribution in [1.82, 2.24) is 15.0 Å². The lowest BCUT2D eigenvalue weighted by molar-refractivity contribution is 0.0782. The van der Waals surface area contributed by atoms with Crippen LogP contribution in [0.1, 0.15) is 5.69 Å². The molecule has 0 bridgehead atoms. The lowest BCUT2D eigenvalue weighted by Crippen LogP contribution is -2.21. The van der Waals surface area contributed by atoms with Crippen LogP contribution in [0.25, 0.3) is 11.3 Å². The van der Waals surface area contributed by atoms with E-state index < -0.39 is 6.10 Å². The largest absolute Gasteiger partial charge is 0.394 e. The van der Waals surface area contributed by atoms with Crippen molar-refractivity contribution in [3.05, 3.63) is 35.0 Å². The fraction of sp³-hybridized carbons (Fsp3) is 0.333. The van der Waals surface area contributed by atoms with Crippen molar-refractivity contribution in [2.24, 2.45) is 0 Å². The Bertz CT molecular complexity index is 542. The topological polar surface area (TPSA) is 91.4 Å². The van der Waals surface area contributed by atoms with E-state index in [0.29, 0.717) is 16.4 Å². The number of aromatic nitrogens is 3. The number of benzene rings is 1. The fourth-order valence-corrected chi connectivity index (χ4v) is 1.89. The molecule has 1 aromatic carbocycles. The summed E-state index contributed by atoms with van der Waals surface area (Å²) in [5, 5.41) is 36.0. The zero-order valence-electron chi connectivity index (χ0n) is 10.1. The van der Waals surface area contributed by atoms with Crippen LogP contribution in [0, 0.1) is 0 Å². The van der Waals surface area contributed by atoms with E-state index in [1.807, 2.05) is 0 Å². The summed E-state index contributed by atoms with van der Waals surface area (Å²) >= 11 is 5.83. The van der Waals surface area contributed by atoms with Crippen LogP contribution >= 0.6 is 11.6 Å². The quantitative estimate of drug-likeness (QED) is 0.741. The molecule has 3 N–H and O–H groups in total. The van der Waals surface area contributed by atoms with Gasteiger partial charge in [-0.1, -0.05) is 28.9 Å². The van der Waals surface area contributed by atoms with Gasteiger partial charge in [-0.15, -0.1) is 5.10 Å². The number of rotatable bonds is 5. The van der Waals surface area contributed by atoms with E-state index in [-0.39, 0.29) is 19.8 Å². The molecule has 0 aliphatic heterocycles. The molecule has 1 aromatic heterocycles. The molecule has 0 aliphatic rings. The van der Waals surface area contributed by atoms with Crippen molar-refractivity contribution in [3.8, 4) is 11.3 Å². The lowest BCUT2D eigenvalue weighted by Gasteiger charge is -2.11. The first-order chi connectivity index (χ1) is 9.15. The maximum absolute atomic E-state index is 9.49. The van der Waals surface area contributed by atoms with Gasteiger partial charge in [0.2, 0.25) is 0 Å². The highest BCUT2D eigenvalue weighted by atomic mass is 35.5. The lowest BCUT2D eigenvalue weighted by atomic mass is 10.1. The monoisotopic (exact) mass is 283 g/mol. The Morgan fingerprint density at radius 2 is 1.89 bits per heavy atom. The zero-order valence-corrected chi connectivity index (χ0v) is 10.8. The van der Waals surface area contributed by atoms with Crippen LogP contribution in [-0.2, 0) is 13.2 Å². The number of nitrogens with zero attached hydrogens (tertiary/aromatic N) is 3. The van der Waals surface area contributed by atoms with E-state index in [1.165, 1.54) is 4.68 Å². The van der Waals surface area contributed by atoms with Crippen LogP contribution < -0.4 is 0 Å². The van der Waals surface area contributed by atoms with Gasteiger partial charge in [-0.05, 0) is 12.1 Å². The molecule has 0 fully saturated rings. The Morgan fingerprint density at radius 1 is 1.21 bits per heavy atom. The zero-order chi connectivity index (χ0) is 13.8. The van der Waals surface area contributed by atoms with E-state index >= 15 is 0 Å². The molecule has 0 saturated carbocycles. The molecule has 1 unspecified atom stereocenters. The second-order valence-corrected chi connectivity index (χ2v) is 4.50. The molecule has 0 saturated heterocycles. The van der Waals surface area contributed by atoms with Gasteiger partial charge in [-0.25, -0.2) is 4.68 Å². The van der Waals surface area contributed by atoms with E-state index in [0.717, 1.165) is 5.56 Å². The first-order valence-corrected chi connectivity index (χ1v) is 6.11. The van der Waals surface area contributed by atoms with Crippen LogP contribution in [0.2, 0.25) is 5.02 Å². The molecule has 0 aliphatic carbocycles. The third kappa shape index (κ3) is 3.10. The summed E-state index contributed by atoms with van der Waals surface area (Å²) in [6.45, 7) is -0.525. The van der Waals surface area contributed by atoms with Crippen LogP contribution in [0.4, 0.5) is 0 Å². The first kappa shape index (κ1) is 14.0. The van der Waals surface area contributed by atoms with Gasteiger partial charge in [-0.2, -0.15) is 0 Å². The van der Waals surface area contributed by atoms with Crippen molar-refractivity contribution in [2.75, 3.05) is 6.61 Å². The number of halogens is 1. The van der Waals surface area contributed by atoms with Crippen molar-refractivity contribution < 1.29 is 15.3 Å². The third-order valence-electron chi connectivity index (χ3n) is 2.67. The van der Waals surface area contributed by atoms with Crippen LogP contribution in [0.3, 0.4) is 0 Å². The fourth-order valence-electron chi connectivity index (χ4n) is 1.76. The minimum atomic E-state index is -0.931. The molecule has 0 radical (unpaired) electrons. The summed E-state index contributed by atoms with van der Waals surface area (Å²) in [6, 6.07) is 7.00. The van der Waals surface area contributed by atoms with Crippen molar-refractivity contribution in [3.63, 3.8) is 0 Å². The van der Waals surface area contributed by atoms with Crippen LogP contribution in [0.15, 0.2) is 24.3 Å². The molecule has 1 atom stereocenters. The smallest absolute Gasteiger partial charge is 0.116 e. The Hall–Kier alpha value is -1.47. The highest BCUT2D eigenvalue weighted by Gasteiger charge is 2.16. The van der Waals surface area contributed by atoms with Gasteiger partial charge in [0.05, 0.1) is 31.6 Å². The molecular formula is C12H14ClN3O3. The normalized spacial score (nSPS) is 12.6. The van der Waals surface area contributed by atoms with Gasteiger partial charge in [0.25, 0.3) is 0 Å². The summed E-state index contributed by atoms with van der Waals surface area (Å²) in [5.41, 5.74) is 1.79. The number of hydrogen-bond acceptors (Lipinski definition) is 5. The molecule has 6 nitrogen and oxygen atoms in total. The minimum absolute atomic E-state index is 0.0987. The molecule has 0 spiro atoms. The van der Waals surface area contributed by atoms with Gasteiger partial charge < -0.3 is 15.3 Å². The molecular weight excluding hydrogens is 270 g/mol. The van der Waals surface area contributed by atoms with E-state index in [9.17, 15) is 10.2 Å². The summed E-state index contributed by atoms with van der Waals surface area (Å²) in [5.74, 6) is 0. The Balaban J connectivity index is 2.41. The summed E-state index contributed by atoms with van der Waals surface area (Å²) in [4.78, 5) is 0. The molecule has 0 amide bonds. The predicted molar refractivity (Wildman–Crippen MR) is 69.5 cm³/mol. The van der Waals surface area contributed by atoms with Crippen molar-refractivity contribution >= 4 is 11.6 Å². The molecule has 19 heavy (non-hydrogen) atoms. The van der Waals surface area contributed by atoms with Gasteiger partial charge in [0, 0.05) is 10.6 Å². The molecule has 7 heteroatoms. The summed E-state index contributed by atoms with van der Waals surface area (Å²) in [6.07, 6.45) is -0.931. The second-order valence-electron chi connectivity index (χ2n) is 4.07. The van der Waals surface area contributed by atoms with Gasteiger partial charge in [-0.3, -0.25) is 0 Å². The van der Waals surface area contributed by atoms with Gasteiger partial charge >= 0.3 is 0 Å². The van der Waals surface area contributed by atoms with E-state index in [4.69, 9.17) is 16.7 Å². The third-order valence-corrected chi connectivity index (χ3v) is 2.92. The van der Waals surface area contributed by atoms with Crippen LogP contribution in [-0.4, -0.2) is 43.0 Å². The Kier molecular flexibility index (Phi) is 4.49. The highest BCUT2D eigenvalue weighted by Crippen LogP contribution is 2.24. The second kappa shape index (κ2) is 6.12. The Labute approximate surface area is 114 Å². The van der Waals surface area contributed by atoms with Gasteiger partial charge in [0.1, 0.15) is 5.69 Å². The van der Waals surface area contributed by atoms with Crippen molar-refractivity contribution in [1.29, 1.82) is 0 Å². The maximum atomic E-state index is 9.49.